The Morgan fingerprint density at radius 2 is 1.30 bits per heavy atom. The van der Waals surface area contributed by atoms with Crippen molar-refractivity contribution in [2.24, 2.45) is 0 Å². The Kier molecular flexibility index (Phi) is 9.47. The number of aliphatic hydroxyl groups excluding tert-OH is 3. The van der Waals surface area contributed by atoms with Crippen LogP contribution in [0.3, 0.4) is 0 Å². The maximum absolute atomic E-state index is 10.8. The molecule has 8 nitrogen and oxygen atoms in total. The highest BCUT2D eigenvalue weighted by Crippen LogP contribution is 2.16. The van der Waals surface area contributed by atoms with Crippen molar-refractivity contribution in [3.8, 4) is 0 Å². The Morgan fingerprint density at radius 3 is 1.50 bits per heavy atom. The number of carbonyl (C=O) groups is 2. The van der Waals surface area contributed by atoms with Gasteiger partial charge in [0.2, 0.25) is 0 Å². The van der Waals surface area contributed by atoms with Crippen molar-refractivity contribution in [2.75, 3.05) is 47.1 Å². The van der Waals surface area contributed by atoms with Gasteiger partial charge in [-0.15, -0.1) is 0 Å². The number of aliphatic hydroxyl groups is 3. The second-order valence-electron chi connectivity index (χ2n) is 4.42. The lowest BCUT2D eigenvalue weighted by Gasteiger charge is -2.41. The van der Waals surface area contributed by atoms with Gasteiger partial charge >= 0.3 is 0 Å². The SMILES string of the molecule is COC(C=O)CN(CC(C=O)OC)C(CO)(CO)CO. The zero-order valence-electron chi connectivity index (χ0n) is 11.8. The van der Waals surface area contributed by atoms with E-state index < -0.39 is 37.6 Å². The van der Waals surface area contributed by atoms with Crippen LogP contribution < -0.4 is 0 Å². The minimum atomic E-state index is -1.38. The average molecular weight is 293 g/mol. The molecule has 0 aliphatic carbocycles. The van der Waals surface area contributed by atoms with E-state index in [9.17, 15) is 24.9 Å². The van der Waals surface area contributed by atoms with Gasteiger partial charge in [0.15, 0.2) is 0 Å². The molecule has 8 heteroatoms. The Bertz CT molecular complexity index is 257. The van der Waals surface area contributed by atoms with E-state index in [2.05, 4.69) is 0 Å². The van der Waals surface area contributed by atoms with Gasteiger partial charge in [0.1, 0.15) is 24.8 Å². The van der Waals surface area contributed by atoms with Crippen molar-refractivity contribution < 1.29 is 34.4 Å². The summed E-state index contributed by atoms with van der Waals surface area (Å²) in [4.78, 5) is 23.1. The molecule has 2 unspecified atom stereocenters. The zero-order valence-corrected chi connectivity index (χ0v) is 11.8. The molecule has 0 saturated heterocycles. The summed E-state index contributed by atoms with van der Waals surface area (Å²) in [5, 5.41) is 28.3. The third-order valence-corrected chi connectivity index (χ3v) is 3.26. The van der Waals surface area contributed by atoms with E-state index in [1.807, 2.05) is 0 Å². The number of hydrogen-bond donors (Lipinski definition) is 3. The summed E-state index contributed by atoms with van der Waals surface area (Å²) in [5.41, 5.74) is -1.38. The van der Waals surface area contributed by atoms with Gasteiger partial charge in [0.25, 0.3) is 0 Å². The van der Waals surface area contributed by atoms with Crippen LogP contribution in [0.4, 0.5) is 0 Å². The van der Waals surface area contributed by atoms with E-state index in [-0.39, 0.29) is 13.1 Å². The predicted molar refractivity (Wildman–Crippen MR) is 69.3 cm³/mol. The van der Waals surface area contributed by atoms with Crippen LogP contribution in [0, 0.1) is 0 Å². The van der Waals surface area contributed by atoms with Gasteiger partial charge in [0, 0.05) is 27.3 Å². The summed E-state index contributed by atoms with van der Waals surface area (Å²) in [5.74, 6) is 0. The van der Waals surface area contributed by atoms with Gasteiger partial charge in [-0.2, -0.15) is 0 Å². The molecule has 0 rings (SSSR count). The van der Waals surface area contributed by atoms with Crippen molar-refractivity contribution in [3.05, 3.63) is 0 Å². The predicted octanol–water partition coefficient (Wildman–Crippen LogP) is -2.57. The highest BCUT2D eigenvalue weighted by atomic mass is 16.5. The standard InChI is InChI=1S/C12H23NO7/c1-19-10(5-14)3-13(4-11(6-15)20-2)12(7-16,8-17)9-18/h5-6,10-11,16-18H,3-4,7-9H2,1-2H3. The molecule has 0 aromatic carbocycles. The molecule has 0 aromatic rings. The first-order chi connectivity index (χ1) is 9.57. The molecule has 0 saturated carbocycles. The second kappa shape index (κ2) is 9.92. The summed E-state index contributed by atoms with van der Waals surface area (Å²) in [7, 11) is 2.67. The van der Waals surface area contributed by atoms with Crippen LogP contribution in [0.15, 0.2) is 0 Å². The molecule has 0 bridgehead atoms. The first-order valence-corrected chi connectivity index (χ1v) is 6.11. The lowest BCUT2D eigenvalue weighted by Crippen LogP contribution is -2.61. The first kappa shape index (κ1) is 19.1. The molecule has 2 atom stereocenters. The molecular formula is C12H23NO7. The third kappa shape index (κ3) is 4.89. The minimum absolute atomic E-state index is 0.00458. The minimum Gasteiger partial charge on any atom is -0.394 e. The summed E-state index contributed by atoms with van der Waals surface area (Å²) in [6.07, 6.45) is -0.509. The van der Waals surface area contributed by atoms with Crippen LogP contribution in [-0.2, 0) is 19.1 Å². The molecule has 0 fully saturated rings. The topological polar surface area (TPSA) is 117 Å². The van der Waals surface area contributed by atoms with Crippen LogP contribution in [0.1, 0.15) is 0 Å². The van der Waals surface area contributed by atoms with Crippen LogP contribution >= 0.6 is 0 Å². The van der Waals surface area contributed by atoms with Crippen LogP contribution in [0.5, 0.6) is 0 Å². The highest BCUT2D eigenvalue weighted by Gasteiger charge is 2.37. The largest absolute Gasteiger partial charge is 0.394 e. The Labute approximate surface area is 117 Å². The number of methoxy groups -OCH3 is 2. The maximum atomic E-state index is 10.8. The normalized spacial score (nSPS) is 15.1. The molecule has 0 aromatic heterocycles. The van der Waals surface area contributed by atoms with E-state index in [0.717, 1.165) is 0 Å². The summed E-state index contributed by atoms with van der Waals surface area (Å²) in [6.45, 7) is -1.66. The lowest BCUT2D eigenvalue weighted by atomic mass is 9.99. The molecule has 118 valence electrons. The molecule has 0 aliphatic heterocycles. The summed E-state index contributed by atoms with van der Waals surface area (Å²) in [6, 6.07) is 0. The quantitative estimate of drug-likeness (QED) is 0.336. The number of ether oxygens (including phenoxy) is 2. The molecule has 0 aliphatic rings. The van der Waals surface area contributed by atoms with E-state index in [4.69, 9.17) is 9.47 Å². The van der Waals surface area contributed by atoms with E-state index in [1.54, 1.807) is 0 Å². The van der Waals surface area contributed by atoms with Crippen LogP contribution in [0.2, 0.25) is 0 Å². The molecule has 0 radical (unpaired) electrons. The molecule has 20 heavy (non-hydrogen) atoms. The smallest absolute Gasteiger partial charge is 0.150 e. The summed E-state index contributed by atoms with van der Waals surface area (Å²) < 4.78 is 9.85. The zero-order chi connectivity index (χ0) is 15.6. The van der Waals surface area contributed by atoms with Crippen molar-refractivity contribution in [2.45, 2.75) is 17.7 Å². The number of carbonyl (C=O) groups excluding carboxylic acids is 2. The monoisotopic (exact) mass is 293 g/mol. The Hall–Kier alpha value is -0.900. The van der Waals surface area contributed by atoms with E-state index >= 15 is 0 Å². The third-order valence-electron chi connectivity index (χ3n) is 3.26. The molecular weight excluding hydrogens is 270 g/mol. The van der Waals surface area contributed by atoms with Gasteiger partial charge in [-0.25, -0.2) is 0 Å². The number of aldehydes is 2. The molecule has 0 spiro atoms. The van der Waals surface area contributed by atoms with Crippen LogP contribution in [-0.4, -0.2) is 97.7 Å². The molecule has 0 heterocycles. The fourth-order valence-corrected chi connectivity index (χ4v) is 1.69. The Morgan fingerprint density at radius 1 is 0.950 bits per heavy atom. The van der Waals surface area contributed by atoms with Gasteiger partial charge in [0.05, 0.1) is 25.4 Å². The first-order valence-electron chi connectivity index (χ1n) is 6.11. The van der Waals surface area contributed by atoms with E-state index in [0.29, 0.717) is 12.6 Å². The number of rotatable bonds is 12. The second-order valence-corrected chi connectivity index (χ2v) is 4.42. The fraction of sp³-hybridized carbons (Fsp3) is 0.833. The number of nitrogens with zero attached hydrogens (tertiary/aromatic N) is 1. The van der Waals surface area contributed by atoms with Crippen molar-refractivity contribution >= 4 is 12.6 Å². The fourth-order valence-electron chi connectivity index (χ4n) is 1.69. The van der Waals surface area contributed by atoms with Crippen molar-refractivity contribution in [1.82, 2.24) is 4.90 Å². The maximum Gasteiger partial charge on any atom is 0.150 e. The molecule has 3 N–H and O–H groups in total. The highest BCUT2D eigenvalue weighted by molar-refractivity contribution is 5.57. The summed E-state index contributed by atoms with van der Waals surface area (Å²) >= 11 is 0. The lowest BCUT2D eigenvalue weighted by molar-refractivity contribution is -0.127. The van der Waals surface area contributed by atoms with Crippen molar-refractivity contribution in [1.29, 1.82) is 0 Å². The number of hydrogen-bond acceptors (Lipinski definition) is 8. The van der Waals surface area contributed by atoms with E-state index in [1.165, 1.54) is 19.1 Å². The Balaban J connectivity index is 5.20. The van der Waals surface area contributed by atoms with Gasteiger partial charge in [-0.1, -0.05) is 0 Å². The van der Waals surface area contributed by atoms with Gasteiger partial charge in [-0.3, -0.25) is 4.90 Å². The van der Waals surface area contributed by atoms with Crippen LogP contribution in [0.25, 0.3) is 0 Å². The van der Waals surface area contributed by atoms with Gasteiger partial charge in [-0.05, 0) is 0 Å². The molecule has 0 amide bonds. The average Bonchev–Trinajstić information content (AvgIpc) is 2.51. The van der Waals surface area contributed by atoms with Crippen molar-refractivity contribution in [3.63, 3.8) is 0 Å². The van der Waals surface area contributed by atoms with Gasteiger partial charge < -0.3 is 34.4 Å².